The summed E-state index contributed by atoms with van der Waals surface area (Å²) in [6.45, 7) is 3.42. The molecule has 1 aliphatic rings. The molecule has 100 valence electrons. The van der Waals surface area contributed by atoms with Crippen molar-refractivity contribution in [3.63, 3.8) is 0 Å². The largest absolute Gasteiger partial charge is 0.396 e. The van der Waals surface area contributed by atoms with E-state index in [4.69, 9.17) is 5.11 Å². The minimum atomic E-state index is -0.181. The van der Waals surface area contributed by atoms with Crippen LogP contribution in [0.25, 0.3) is 0 Å². The predicted molar refractivity (Wildman–Crippen MR) is 70.9 cm³/mol. The van der Waals surface area contributed by atoms with Gasteiger partial charge >= 0.3 is 0 Å². The molecule has 1 atom stereocenters. The van der Waals surface area contributed by atoms with Crippen LogP contribution in [0, 0.1) is 11.2 Å². The molecule has 0 heterocycles. The standard InChI is InChI=1S/C15H22FNO/c1-12(10-13-2-4-14(16)5-3-13)17-11-15(6-7-15)8-9-18/h2-5,12,17-18H,6-11H2,1H3. The zero-order valence-corrected chi connectivity index (χ0v) is 11.0. The summed E-state index contributed by atoms with van der Waals surface area (Å²) in [4.78, 5) is 0. The van der Waals surface area contributed by atoms with E-state index >= 15 is 0 Å². The van der Waals surface area contributed by atoms with E-state index in [1.54, 1.807) is 0 Å². The first-order chi connectivity index (χ1) is 8.63. The van der Waals surface area contributed by atoms with Crippen LogP contribution in [-0.4, -0.2) is 24.3 Å². The van der Waals surface area contributed by atoms with Crippen molar-refractivity contribution in [3.05, 3.63) is 35.6 Å². The average Bonchev–Trinajstić information content (AvgIpc) is 3.11. The molecule has 0 saturated heterocycles. The Bertz CT molecular complexity index is 373. The molecule has 0 bridgehead atoms. The first kappa shape index (κ1) is 13.5. The summed E-state index contributed by atoms with van der Waals surface area (Å²) in [6.07, 6.45) is 4.27. The fourth-order valence-corrected chi connectivity index (χ4v) is 2.37. The van der Waals surface area contributed by atoms with E-state index < -0.39 is 0 Å². The highest BCUT2D eigenvalue weighted by Crippen LogP contribution is 2.47. The normalized spacial score (nSPS) is 18.6. The van der Waals surface area contributed by atoms with E-state index in [1.807, 2.05) is 12.1 Å². The highest BCUT2D eigenvalue weighted by molar-refractivity contribution is 5.17. The van der Waals surface area contributed by atoms with Crippen LogP contribution in [0.1, 0.15) is 31.7 Å². The summed E-state index contributed by atoms with van der Waals surface area (Å²) in [7, 11) is 0. The van der Waals surface area contributed by atoms with Gasteiger partial charge in [-0.15, -0.1) is 0 Å². The molecule has 1 unspecified atom stereocenters. The Morgan fingerprint density at radius 1 is 1.33 bits per heavy atom. The minimum absolute atomic E-state index is 0.181. The van der Waals surface area contributed by atoms with E-state index in [0.29, 0.717) is 11.5 Å². The fraction of sp³-hybridized carbons (Fsp3) is 0.600. The van der Waals surface area contributed by atoms with Gasteiger partial charge in [0.2, 0.25) is 0 Å². The summed E-state index contributed by atoms with van der Waals surface area (Å²) in [5, 5.41) is 12.5. The number of halogens is 1. The Morgan fingerprint density at radius 3 is 2.56 bits per heavy atom. The van der Waals surface area contributed by atoms with Crippen LogP contribution in [-0.2, 0) is 6.42 Å². The Hall–Kier alpha value is -0.930. The van der Waals surface area contributed by atoms with Gasteiger partial charge in [0.05, 0.1) is 0 Å². The molecule has 0 aromatic heterocycles. The quantitative estimate of drug-likeness (QED) is 0.780. The van der Waals surface area contributed by atoms with Gasteiger partial charge in [0.15, 0.2) is 0 Å². The molecule has 0 radical (unpaired) electrons. The van der Waals surface area contributed by atoms with E-state index in [9.17, 15) is 4.39 Å². The summed E-state index contributed by atoms with van der Waals surface area (Å²) < 4.78 is 12.8. The van der Waals surface area contributed by atoms with Gasteiger partial charge in [-0.2, -0.15) is 0 Å². The maximum absolute atomic E-state index is 12.8. The fourth-order valence-electron chi connectivity index (χ4n) is 2.37. The molecule has 1 aromatic rings. The first-order valence-corrected chi connectivity index (χ1v) is 6.72. The molecule has 1 aromatic carbocycles. The van der Waals surface area contributed by atoms with Crippen molar-refractivity contribution in [1.82, 2.24) is 5.32 Å². The molecule has 0 amide bonds. The second-order valence-corrected chi connectivity index (χ2v) is 5.59. The van der Waals surface area contributed by atoms with Crippen molar-refractivity contribution >= 4 is 0 Å². The molecule has 3 heteroatoms. The van der Waals surface area contributed by atoms with Crippen molar-refractivity contribution in [2.24, 2.45) is 5.41 Å². The van der Waals surface area contributed by atoms with Gasteiger partial charge in [-0.3, -0.25) is 0 Å². The first-order valence-electron chi connectivity index (χ1n) is 6.72. The van der Waals surface area contributed by atoms with Crippen LogP contribution in [0.15, 0.2) is 24.3 Å². The van der Waals surface area contributed by atoms with Crippen LogP contribution in [0.2, 0.25) is 0 Å². The number of rotatable bonds is 7. The number of aliphatic hydroxyl groups is 1. The highest BCUT2D eigenvalue weighted by Gasteiger charge is 2.41. The molecule has 1 saturated carbocycles. The van der Waals surface area contributed by atoms with Crippen LogP contribution in [0.5, 0.6) is 0 Å². The van der Waals surface area contributed by atoms with Gasteiger partial charge in [-0.1, -0.05) is 12.1 Å². The zero-order valence-electron chi connectivity index (χ0n) is 11.0. The summed E-state index contributed by atoms with van der Waals surface area (Å²) in [5.74, 6) is -0.181. The topological polar surface area (TPSA) is 32.3 Å². The molecular formula is C15H22FNO. The average molecular weight is 251 g/mol. The number of hydrogen-bond donors (Lipinski definition) is 2. The number of nitrogens with one attached hydrogen (secondary N) is 1. The minimum Gasteiger partial charge on any atom is -0.396 e. The lowest BCUT2D eigenvalue weighted by molar-refractivity contribution is 0.242. The maximum Gasteiger partial charge on any atom is 0.123 e. The zero-order chi connectivity index (χ0) is 13.0. The molecule has 1 aliphatic carbocycles. The van der Waals surface area contributed by atoms with Crippen LogP contribution in [0.3, 0.4) is 0 Å². The maximum atomic E-state index is 12.8. The van der Waals surface area contributed by atoms with Gasteiger partial charge in [0.25, 0.3) is 0 Å². The van der Waals surface area contributed by atoms with Crippen molar-refractivity contribution in [3.8, 4) is 0 Å². The molecular weight excluding hydrogens is 229 g/mol. The van der Waals surface area contributed by atoms with E-state index in [2.05, 4.69) is 12.2 Å². The number of hydrogen-bond acceptors (Lipinski definition) is 2. The Balaban J connectivity index is 1.75. The Labute approximate surface area is 108 Å². The van der Waals surface area contributed by atoms with Gasteiger partial charge in [0.1, 0.15) is 5.82 Å². The molecule has 2 N–H and O–H groups in total. The smallest absolute Gasteiger partial charge is 0.123 e. The highest BCUT2D eigenvalue weighted by atomic mass is 19.1. The van der Waals surface area contributed by atoms with Crippen molar-refractivity contribution < 1.29 is 9.50 Å². The molecule has 2 nitrogen and oxygen atoms in total. The molecule has 1 fully saturated rings. The van der Waals surface area contributed by atoms with Crippen LogP contribution >= 0.6 is 0 Å². The van der Waals surface area contributed by atoms with Gasteiger partial charge < -0.3 is 10.4 Å². The van der Waals surface area contributed by atoms with E-state index in [0.717, 1.165) is 24.9 Å². The summed E-state index contributed by atoms with van der Waals surface area (Å²) >= 11 is 0. The molecule has 18 heavy (non-hydrogen) atoms. The third-order valence-corrected chi connectivity index (χ3v) is 3.88. The van der Waals surface area contributed by atoms with Crippen molar-refractivity contribution in [2.75, 3.05) is 13.2 Å². The second kappa shape index (κ2) is 5.81. The van der Waals surface area contributed by atoms with Gasteiger partial charge in [-0.05, 0) is 55.7 Å². The third kappa shape index (κ3) is 3.79. The van der Waals surface area contributed by atoms with Crippen molar-refractivity contribution in [1.29, 1.82) is 0 Å². The second-order valence-electron chi connectivity index (χ2n) is 5.59. The van der Waals surface area contributed by atoms with E-state index in [-0.39, 0.29) is 12.4 Å². The van der Waals surface area contributed by atoms with Crippen LogP contribution < -0.4 is 5.32 Å². The van der Waals surface area contributed by atoms with Crippen molar-refractivity contribution in [2.45, 2.75) is 38.6 Å². The Morgan fingerprint density at radius 2 is 2.00 bits per heavy atom. The lowest BCUT2D eigenvalue weighted by Gasteiger charge is -2.19. The van der Waals surface area contributed by atoms with E-state index in [1.165, 1.54) is 25.0 Å². The third-order valence-electron chi connectivity index (χ3n) is 3.88. The van der Waals surface area contributed by atoms with Crippen LogP contribution in [0.4, 0.5) is 4.39 Å². The predicted octanol–water partition coefficient (Wildman–Crippen LogP) is 2.51. The summed E-state index contributed by atoms with van der Waals surface area (Å²) in [6, 6.07) is 7.08. The molecule has 2 rings (SSSR count). The number of aliphatic hydroxyl groups excluding tert-OH is 1. The van der Waals surface area contributed by atoms with Gasteiger partial charge in [0, 0.05) is 19.2 Å². The SMILES string of the molecule is CC(Cc1ccc(F)cc1)NCC1(CCO)CC1. The molecule has 0 aliphatic heterocycles. The summed E-state index contributed by atoms with van der Waals surface area (Å²) in [5.41, 5.74) is 1.51. The number of benzene rings is 1. The molecule has 0 spiro atoms. The monoisotopic (exact) mass is 251 g/mol. The lowest BCUT2D eigenvalue weighted by atomic mass is 10.0. The Kier molecular flexibility index (Phi) is 4.36. The van der Waals surface area contributed by atoms with Gasteiger partial charge in [-0.25, -0.2) is 4.39 Å². The lowest BCUT2D eigenvalue weighted by Crippen LogP contribution is -2.33.